The second-order valence-corrected chi connectivity index (χ2v) is 17.6. The van der Waals surface area contributed by atoms with E-state index in [9.17, 15) is 19.2 Å². The van der Waals surface area contributed by atoms with Crippen LogP contribution in [0, 0.1) is 12.3 Å². The topological polar surface area (TPSA) is 133 Å². The van der Waals surface area contributed by atoms with Crippen molar-refractivity contribution >= 4 is 52.1 Å². The van der Waals surface area contributed by atoms with Crippen LogP contribution in [0.1, 0.15) is 88.2 Å². The molecule has 2 amide bonds. The highest BCUT2D eigenvalue weighted by molar-refractivity contribution is 6.04. The molecule has 2 aliphatic heterocycles. The van der Waals surface area contributed by atoms with Crippen LogP contribution in [-0.4, -0.2) is 72.5 Å². The van der Waals surface area contributed by atoms with Gasteiger partial charge in [-0.2, -0.15) is 0 Å². The van der Waals surface area contributed by atoms with Crippen LogP contribution < -0.4 is 10.1 Å². The van der Waals surface area contributed by atoms with Gasteiger partial charge >= 0.3 is 0 Å². The molecule has 6 aromatic rings. The molecule has 2 aliphatic rings. The number of carbonyl (C=O) groups excluding carboxylic acids is 4. The van der Waals surface area contributed by atoms with Gasteiger partial charge in [-0.1, -0.05) is 63.3 Å². The van der Waals surface area contributed by atoms with Crippen LogP contribution in [0.2, 0.25) is 0 Å². The average molecular weight is 818 g/mol. The Labute approximate surface area is 355 Å². The van der Waals surface area contributed by atoms with Gasteiger partial charge in [0, 0.05) is 75.3 Å². The number of rotatable bonds is 12. The van der Waals surface area contributed by atoms with Gasteiger partial charge in [-0.15, -0.1) is 0 Å². The Balaban J connectivity index is 0.833. The third kappa shape index (κ3) is 8.75. The van der Waals surface area contributed by atoms with Gasteiger partial charge in [0.15, 0.2) is 11.6 Å². The average Bonchev–Trinajstić information content (AvgIpc) is 3.98. The number of Topliss-reactive ketones (excluding diaryl/α,β-unsaturated/α-hetero) is 1. The Hall–Kier alpha value is -6.82. The third-order valence-corrected chi connectivity index (χ3v) is 11.2. The maximum atomic E-state index is 13.8. The van der Waals surface area contributed by atoms with Crippen molar-refractivity contribution in [1.82, 2.24) is 23.6 Å². The highest BCUT2D eigenvalue weighted by Gasteiger charge is 2.34. The summed E-state index contributed by atoms with van der Waals surface area (Å²) in [6.45, 7) is 13.4. The Morgan fingerprint density at radius 1 is 0.934 bits per heavy atom. The SMILES string of the molecule is C=C1CC2C=Nc3cc(OCCCC(=O)Nc4cn(C)c(C(=O)Cc5ccc(-c6cc(C(=O)n7ccc8cc(CC(C)(C)C)ccc87)n(C)c6)cc5)n4)c(C)cc3C(=O)N2C1. The number of hydrogen-bond donors (Lipinski definition) is 1. The van der Waals surface area contributed by atoms with Gasteiger partial charge < -0.3 is 24.1 Å². The molecule has 1 fully saturated rings. The fourth-order valence-electron chi connectivity index (χ4n) is 8.25. The van der Waals surface area contributed by atoms with E-state index in [-0.39, 0.29) is 60.2 Å². The zero-order chi connectivity index (χ0) is 43.2. The molecule has 1 atom stereocenters. The summed E-state index contributed by atoms with van der Waals surface area (Å²) in [5.74, 6) is 0.558. The molecule has 12 nitrogen and oxygen atoms in total. The molecular formula is C49H51N7O5. The first-order valence-electron chi connectivity index (χ1n) is 20.7. The predicted molar refractivity (Wildman–Crippen MR) is 238 cm³/mol. The summed E-state index contributed by atoms with van der Waals surface area (Å²) in [4.78, 5) is 64.0. The molecule has 1 unspecified atom stereocenters. The molecule has 0 saturated carbocycles. The number of fused-ring (bicyclic) bond motifs is 3. The molecule has 5 heterocycles. The number of amides is 2. The van der Waals surface area contributed by atoms with E-state index in [2.05, 4.69) is 54.8 Å². The summed E-state index contributed by atoms with van der Waals surface area (Å²) < 4.78 is 11.2. The highest BCUT2D eigenvalue weighted by Crippen LogP contribution is 2.35. The smallest absolute Gasteiger partial charge is 0.278 e. The van der Waals surface area contributed by atoms with Crippen LogP contribution in [0.15, 0.2) is 102 Å². The van der Waals surface area contributed by atoms with Crippen LogP contribution in [0.3, 0.4) is 0 Å². The molecule has 3 aromatic heterocycles. The summed E-state index contributed by atoms with van der Waals surface area (Å²) in [6.07, 6.45) is 9.64. The summed E-state index contributed by atoms with van der Waals surface area (Å²) in [6, 6.07) is 21.4. The number of imidazole rings is 1. The summed E-state index contributed by atoms with van der Waals surface area (Å²) >= 11 is 0. The van der Waals surface area contributed by atoms with Crippen LogP contribution in [-0.2, 0) is 31.7 Å². The fraction of sp³-hybridized carbons (Fsp3) is 0.306. The van der Waals surface area contributed by atoms with Crippen molar-refractivity contribution < 1.29 is 23.9 Å². The molecule has 3 aromatic carbocycles. The second kappa shape index (κ2) is 16.3. The molecule has 61 heavy (non-hydrogen) atoms. The van der Waals surface area contributed by atoms with Gasteiger partial charge in [0.1, 0.15) is 11.4 Å². The second-order valence-electron chi connectivity index (χ2n) is 17.6. The maximum absolute atomic E-state index is 13.8. The first-order valence-corrected chi connectivity index (χ1v) is 20.7. The Kier molecular flexibility index (Phi) is 11.0. The van der Waals surface area contributed by atoms with E-state index in [4.69, 9.17) is 4.74 Å². The lowest BCUT2D eigenvalue weighted by molar-refractivity contribution is -0.116. The first-order chi connectivity index (χ1) is 29.1. The largest absolute Gasteiger partial charge is 0.493 e. The number of ketones is 1. The summed E-state index contributed by atoms with van der Waals surface area (Å²) in [7, 11) is 3.60. The molecule has 0 bridgehead atoms. The third-order valence-electron chi connectivity index (χ3n) is 11.2. The number of ether oxygens (including phenoxy) is 1. The monoisotopic (exact) mass is 817 g/mol. The molecule has 12 heteroatoms. The molecule has 312 valence electrons. The van der Waals surface area contributed by atoms with Gasteiger partial charge in [-0.05, 0) is 84.2 Å². The van der Waals surface area contributed by atoms with Crippen LogP contribution in [0.5, 0.6) is 5.75 Å². The predicted octanol–water partition coefficient (Wildman–Crippen LogP) is 8.68. The van der Waals surface area contributed by atoms with E-state index < -0.39 is 0 Å². The molecule has 8 rings (SSSR count). The lowest BCUT2D eigenvalue weighted by Crippen LogP contribution is -2.35. The van der Waals surface area contributed by atoms with Crippen molar-refractivity contribution in [3.8, 4) is 16.9 Å². The van der Waals surface area contributed by atoms with E-state index in [0.29, 0.717) is 41.5 Å². The van der Waals surface area contributed by atoms with Crippen LogP contribution in [0.25, 0.3) is 22.0 Å². The summed E-state index contributed by atoms with van der Waals surface area (Å²) in [5, 5.41) is 3.84. The van der Waals surface area contributed by atoms with E-state index >= 15 is 0 Å². The number of anilines is 1. The number of nitrogens with zero attached hydrogens (tertiary/aromatic N) is 6. The number of aliphatic imine (C=N–C) groups is 1. The minimum Gasteiger partial charge on any atom is -0.493 e. The quantitative estimate of drug-likeness (QED) is 0.0747. The normalized spacial score (nSPS) is 14.9. The summed E-state index contributed by atoms with van der Waals surface area (Å²) in [5.41, 5.74) is 8.45. The standard InChI is InChI=1S/C49H51N7O5/c1-30-19-37-26-50-39-24-43(31(2)20-38(39)47(59)56(37)27-30)61-18-8-9-45(58)51-44-29-54(7)46(52-44)42(57)22-32-10-13-34(14-11-32)36-23-41(53(6)28-36)48(60)55-17-16-35-21-33(12-15-40(35)55)25-49(3,4)5/h10-17,20-21,23-24,26,28-29,37H,1,8-9,18-19,22,25,27H2,2-7H3,(H,51,58). The molecule has 1 saturated heterocycles. The van der Waals surface area contributed by atoms with E-state index in [0.717, 1.165) is 51.6 Å². The number of carbonyl (C=O) groups is 4. The number of aromatic nitrogens is 4. The zero-order valence-electron chi connectivity index (χ0n) is 35.6. The van der Waals surface area contributed by atoms with Crippen LogP contribution in [0.4, 0.5) is 11.5 Å². The van der Waals surface area contributed by atoms with Gasteiger partial charge in [0.2, 0.25) is 11.7 Å². The van der Waals surface area contributed by atoms with Crippen molar-refractivity contribution in [2.24, 2.45) is 24.5 Å². The Bertz CT molecular complexity index is 2760. The van der Waals surface area contributed by atoms with Gasteiger partial charge in [0.05, 0.1) is 29.4 Å². The first kappa shape index (κ1) is 40.9. The van der Waals surface area contributed by atoms with Gasteiger partial charge in [-0.3, -0.25) is 28.7 Å². The molecular weight excluding hydrogens is 767 g/mol. The van der Waals surface area contributed by atoms with E-state index in [1.165, 1.54) is 5.56 Å². The Morgan fingerprint density at radius 2 is 1.70 bits per heavy atom. The lowest BCUT2D eigenvalue weighted by atomic mass is 9.88. The van der Waals surface area contributed by atoms with Crippen molar-refractivity contribution in [3.05, 3.63) is 131 Å². The number of benzene rings is 3. The van der Waals surface area contributed by atoms with E-state index in [1.807, 2.05) is 79.5 Å². The van der Waals surface area contributed by atoms with Gasteiger partial charge in [0.25, 0.3) is 11.8 Å². The maximum Gasteiger partial charge on any atom is 0.278 e. The van der Waals surface area contributed by atoms with Crippen LogP contribution >= 0.6 is 0 Å². The van der Waals surface area contributed by atoms with Crippen molar-refractivity contribution in [2.75, 3.05) is 18.5 Å². The lowest BCUT2D eigenvalue weighted by Gasteiger charge is -2.20. The molecule has 0 spiro atoms. The molecule has 1 N–H and O–H groups in total. The Morgan fingerprint density at radius 3 is 2.48 bits per heavy atom. The molecule has 0 aliphatic carbocycles. The van der Waals surface area contributed by atoms with Crippen molar-refractivity contribution in [3.63, 3.8) is 0 Å². The zero-order valence-corrected chi connectivity index (χ0v) is 35.6. The molecule has 0 radical (unpaired) electrons. The number of aryl methyl sites for hydroxylation is 3. The number of nitrogens with one attached hydrogen (secondary N) is 1. The minimum atomic E-state index is -0.245. The van der Waals surface area contributed by atoms with Crippen molar-refractivity contribution in [1.29, 1.82) is 0 Å². The van der Waals surface area contributed by atoms with Crippen molar-refractivity contribution in [2.45, 2.75) is 65.8 Å². The van der Waals surface area contributed by atoms with E-state index in [1.54, 1.807) is 39.6 Å². The minimum absolute atomic E-state index is 0.0580. The van der Waals surface area contributed by atoms with Gasteiger partial charge in [-0.25, -0.2) is 4.98 Å². The number of hydrogen-bond acceptors (Lipinski definition) is 7. The fourth-order valence-corrected chi connectivity index (χ4v) is 8.25. The highest BCUT2D eigenvalue weighted by atomic mass is 16.5.